The minimum Gasteiger partial charge on any atom is -0.399 e. The zero-order valence-electron chi connectivity index (χ0n) is 13.3. The van der Waals surface area contributed by atoms with Crippen molar-refractivity contribution in [3.05, 3.63) is 59.7 Å². The monoisotopic (exact) mass is 324 g/mol. The first-order chi connectivity index (χ1) is 11.5. The van der Waals surface area contributed by atoms with Crippen LogP contribution < -0.4 is 11.5 Å². The molecule has 0 aromatic heterocycles. The van der Waals surface area contributed by atoms with Gasteiger partial charge in [-0.2, -0.15) is 0 Å². The number of nitrogens with two attached hydrogens (primary N) is 2. The SMILES string of the molecule is Nc1cccc(C(=O)N2CCN(C(=O)c3cccc(N)c3)CC2)c1. The molecule has 1 saturated heterocycles. The third-order valence-electron chi connectivity index (χ3n) is 4.12. The van der Waals surface area contributed by atoms with Gasteiger partial charge in [0.25, 0.3) is 11.8 Å². The number of anilines is 2. The summed E-state index contributed by atoms with van der Waals surface area (Å²) in [7, 11) is 0. The molecule has 6 nitrogen and oxygen atoms in total. The van der Waals surface area contributed by atoms with Gasteiger partial charge < -0.3 is 21.3 Å². The van der Waals surface area contributed by atoms with Gasteiger partial charge >= 0.3 is 0 Å². The fourth-order valence-electron chi connectivity index (χ4n) is 2.82. The second-order valence-corrected chi connectivity index (χ2v) is 5.84. The Balaban J connectivity index is 1.63. The van der Waals surface area contributed by atoms with Crippen molar-refractivity contribution in [1.29, 1.82) is 0 Å². The smallest absolute Gasteiger partial charge is 0.254 e. The summed E-state index contributed by atoms with van der Waals surface area (Å²) in [5.74, 6) is -0.114. The van der Waals surface area contributed by atoms with E-state index in [-0.39, 0.29) is 11.8 Å². The molecule has 0 atom stereocenters. The highest BCUT2D eigenvalue weighted by molar-refractivity contribution is 5.96. The number of rotatable bonds is 2. The Bertz CT molecular complexity index is 702. The third kappa shape index (κ3) is 3.32. The van der Waals surface area contributed by atoms with Gasteiger partial charge in [0.2, 0.25) is 0 Å². The minimum absolute atomic E-state index is 0.0571. The molecule has 1 fully saturated rings. The maximum absolute atomic E-state index is 12.5. The average Bonchev–Trinajstić information content (AvgIpc) is 2.60. The van der Waals surface area contributed by atoms with Crippen molar-refractivity contribution in [2.24, 2.45) is 0 Å². The van der Waals surface area contributed by atoms with Gasteiger partial charge in [-0.3, -0.25) is 9.59 Å². The Morgan fingerprint density at radius 1 is 0.708 bits per heavy atom. The van der Waals surface area contributed by atoms with Crippen LogP contribution in [-0.4, -0.2) is 47.8 Å². The van der Waals surface area contributed by atoms with Crippen LogP contribution in [0.5, 0.6) is 0 Å². The van der Waals surface area contributed by atoms with Gasteiger partial charge in [-0.15, -0.1) is 0 Å². The summed E-state index contributed by atoms with van der Waals surface area (Å²) < 4.78 is 0. The molecule has 124 valence electrons. The van der Waals surface area contributed by atoms with Crippen molar-refractivity contribution in [1.82, 2.24) is 9.80 Å². The van der Waals surface area contributed by atoms with Crippen molar-refractivity contribution in [2.75, 3.05) is 37.6 Å². The van der Waals surface area contributed by atoms with Gasteiger partial charge in [0.05, 0.1) is 0 Å². The Morgan fingerprint density at radius 2 is 1.08 bits per heavy atom. The zero-order chi connectivity index (χ0) is 17.1. The first kappa shape index (κ1) is 15.9. The number of hydrogen-bond acceptors (Lipinski definition) is 4. The van der Waals surface area contributed by atoms with E-state index in [2.05, 4.69) is 0 Å². The fourth-order valence-corrected chi connectivity index (χ4v) is 2.82. The molecule has 0 unspecified atom stereocenters. The summed E-state index contributed by atoms with van der Waals surface area (Å²) in [4.78, 5) is 28.5. The Kier molecular flexibility index (Phi) is 4.37. The van der Waals surface area contributed by atoms with Crippen molar-refractivity contribution in [3.8, 4) is 0 Å². The quantitative estimate of drug-likeness (QED) is 0.818. The highest BCUT2D eigenvalue weighted by Crippen LogP contribution is 2.15. The lowest BCUT2D eigenvalue weighted by Gasteiger charge is -2.35. The third-order valence-corrected chi connectivity index (χ3v) is 4.12. The molecule has 0 aliphatic carbocycles. The van der Waals surface area contributed by atoms with Crippen LogP contribution in [0.3, 0.4) is 0 Å². The summed E-state index contributed by atoms with van der Waals surface area (Å²) in [5, 5.41) is 0. The molecule has 1 heterocycles. The lowest BCUT2D eigenvalue weighted by atomic mass is 10.1. The van der Waals surface area contributed by atoms with E-state index >= 15 is 0 Å². The van der Waals surface area contributed by atoms with Crippen LogP contribution in [0, 0.1) is 0 Å². The van der Waals surface area contributed by atoms with Gasteiger partial charge in [0.1, 0.15) is 0 Å². The summed E-state index contributed by atoms with van der Waals surface area (Å²) in [6.45, 7) is 2.01. The Morgan fingerprint density at radius 3 is 1.42 bits per heavy atom. The van der Waals surface area contributed by atoms with Crippen LogP contribution in [0.4, 0.5) is 11.4 Å². The molecule has 24 heavy (non-hydrogen) atoms. The van der Waals surface area contributed by atoms with Crippen LogP contribution in [0.25, 0.3) is 0 Å². The Hall–Kier alpha value is -3.02. The highest BCUT2D eigenvalue weighted by Gasteiger charge is 2.25. The average molecular weight is 324 g/mol. The lowest BCUT2D eigenvalue weighted by molar-refractivity contribution is 0.0535. The number of hydrogen-bond donors (Lipinski definition) is 2. The molecule has 2 amide bonds. The topological polar surface area (TPSA) is 92.7 Å². The van der Waals surface area contributed by atoms with Crippen LogP contribution in [-0.2, 0) is 0 Å². The first-order valence-corrected chi connectivity index (χ1v) is 7.84. The second-order valence-electron chi connectivity index (χ2n) is 5.84. The summed E-state index contributed by atoms with van der Waals surface area (Å²) >= 11 is 0. The molecule has 2 aromatic carbocycles. The van der Waals surface area contributed by atoms with E-state index in [1.165, 1.54) is 0 Å². The van der Waals surface area contributed by atoms with E-state index in [0.29, 0.717) is 48.7 Å². The number of amides is 2. The Labute approximate surface area is 140 Å². The van der Waals surface area contributed by atoms with Gasteiger partial charge in [-0.25, -0.2) is 0 Å². The number of piperazine rings is 1. The zero-order valence-corrected chi connectivity index (χ0v) is 13.3. The molecule has 0 radical (unpaired) electrons. The van der Waals surface area contributed by atoms with Crippen molar-refractivity contribution < 1.29 is 9.59 Å². The predicted molar refractivity (Wildman–Crippen MR) is 93.5 cm³/mol. The van der Waals surface area contributed by atoms with Gasteiger partial charge in [-0.1, -0.05) is 12.1 Å². The summed E-state index contributed by atoms with van der Waals surface area (Å²) in [6.07, 6.45) is 0. The van der Waals surface area contributed by atoms with E-state index < -0.39 is 0 Å². The van der Waals surface area contributed by atoms with E-state index in [9.17, 15) is 9.59 Å². The maximum atomic E-state index is 12.5. The maximum Gasteiger partial charge on any atom is 0.254 e. The van der Waals surface area contributed by atoms with E-state index in [1.807, 2.05) is 0 Å². The van der Waals surface area contributed by atoms with Crippen LogP contribution in [0.2, 0.25) is 0 Å². The largest absolute Gasteiger partial charge is 0.399 e. The summed E-state index contributed by atoms with van der Waals surface area (Å²) in [6, 6.07) is 13.9. The van der Waals surface area contributed by atoms with E-state index in [4.69, 9.17) is 11.5 Å². The molecule has 1 aliphatic rings. The van der Waals surface area contributed by atoms with Gasteiger partial charge in [0.15, 0.2) is 0 Å². The van der Waals surface area contributed by atoms with Gasteiger partial charge in [-0.05, 0) is 36.4 Å². The summed E-state index contributed by atoms with van der Waals surface area (Å²) in [5.41, 5.74) is 13.7. The van der Waals surface area contributed by atoms with Crippen LogP contribution in [0.15, 0.2) is 48.5 Å². The second kappa shape index (κ2) is 6.62. The molecule has 0 saturated carbocycles. The van der Waals surface area contributed by atoms with Crippen molar-refractivity contribution >= 4 is 23.2 Å². The number of nitrogen functional groups attached to an aromatic ring is 2. The number of carbonyl (C=O) groups is 2. The van der Waals surface area contributed by atoms with Crippen molar-refractivity contribution in [2.45, 2.75) is 0 Å². The molecule has 0 spiro atoms. The normalized spacial score (nSPS) is 14.5. The molecular formula is C18H20N4O2. The van der Waals surface area contributed by atoms with Crippen LogP contribution >= 0.6 is 0 Å². The molecule has 6 heteroatoms. The number of carbonyl (C=O) groups excluding carboxylic acids is 2. The number of benzene rings is 2. The van der Waals surface area contributed by atoms with Crippen LogP contribution in [0.1, 0.15) is 20.7 Å². The standard InChI is InChI=1S/C18H20N4O2/c19-15-5-1-3-13(11-15)17(23)21-7-9-22(10-8-21)18(24)14-4-2-6-16(20)12-14/h1-6,11-12H,7-10,19-20H2. The molecule has 0 bridgehead atoms. The predicted octanol–water partition coefficient (Wildman–Crippen LogP) is 1.45. The molecule has 3 rings (SSSR count). The number of nitrogens with zero attached hydrogens (tertiary/aromatic N) is 2. The minimum atomic E-state index is -0.0571. The highest BCUT2D eigenvalue weighted by atomic mass is 16.2. The molecule has 4 N–H and O–H groups in total. The molecule has 1 aliphatic heterocycles. The first-order valence-electron chi connectivity index (χ1n) is 7.84. The lowest BCUT2D eigenvalue weighted by Crippen LogP contribution is -2.50. The van der Waals surface area contributed by atoms with E-state index in [0.717, 1.165) is 0 Å². The molecular weight excluding hydrogens is 304 g/mol. The fraction of sp³-hybridized carbons (Fsp3) is 0.222. The van der Waals surface area contributed by atoms with E-state index in [1.54, 1.807) is 58.3 Å². The van der Waals surface area contributed by atoms with Gasteiger partial charge in [0, 0.05) is 48.7 Å². The van der Waals surface area contributed by atoms with Crippen molar-refractivity contribution in [3.63, 3.8) is 0 Å². The molecule has 2 aromatic rings.